The average Bonchev–Trinajstić information content (AvgIpc) is 2.59. The molecule has 2 aromatic carbocycles. The number of amides is 1. The molecule has 0 aromatic heterocycles. The summed E-state index contributed by atoms with van der Waals surface area (Å²) in [5.74, 6) is 0.259. The minimum atomic E-state index is 0.109. The number of benzene rings is 2. The predicted octanol–water partition coefficient (Wildman–Crippen LogP) is 4.92. The normalized spacial score (nSPS) is 16.0. The number of anilines is 1. The molecule has 0 radical (unpaired) electrons. The first kappa shape index (κ1) is 18.2. The second kappa shape index (κ2) is 8.15. The minimum absolute atomic E-state index is 0.109. The monoisotopic (exact) mass is 400 g/mol. The van der Waals surface area contributed by atoms with Crippen molar-refractivity contribution in [2.75, 3.05) is 18.4 Å². The van der Waals surface area contributed by atoms with E-state index in [4.69, 9.17) is 0 Å². The zero-order valence-corrected chi connectivity index (χ0v) is 16.5. The molecule has 0 spiro atoms. The highest BCUT2D eigenvalue weighted by Crippen LogP contribution is 2.23. The van der Waals surface area contributed by atoms with Crippen LogP contribution in [0.3, 0.4) is 0 Å². The van der Waals surface area contributed by atoms with Gasteiger partial charge >= 0.3 is 0 Å². The van der Waals surface area contributed by atoms with E-state index in [1.54, 1.807) is 0 Å². The van der Waals surface area contributed by atoms with Crippen LogP contribution in [0.5, 0.6) is 0 Å². The summed E-state index contributed by atoms with van der Waals surface area (Å²) in [6.07, 6.45) is 1.85. The number of aryl methyl sites for hydroxylation is 2. The van der Waals surface area contributed by atoms with Crippen molar-refractivity contribution < 1.29 is 4.79 Å². The van der Waals surface area contributed by atoms with Crippen LogP contribution in [0.4, 0.5) is 5.69 Å². The van der Waals surface area contributed by atoms with Gasteiger partial charge in [-0.3, -0.25) is 9.69 Å². The molecule has 3 nitrogen and oxygen atoms in total. The van der Waals surface area contributed by atoms with Gasteiger partial charge < -0.3 is 5.32 Å². The van der Waals surface area contributed by atoms with Crippen LogP contribution in [0.25, 0.3) is 0 Å². The number of carbonyl (C=O) groups is 1. The van der Waals surface area contributed by atoms with Gasteiger partial charge in [-0.15, -0.1) is 0 Å². The fourth-order valence-corrected chi connectivity index (χ4v) is 3.64. The Morgan fingerprint density at radius 3 is 2.60 bits per heavy atom. The number of rotatable bonds is 4. The SMILES string of the molecule is Cc1cccc(CN2CCC(C(=O)Nc3ccc(Br)c(C)c3)CC2)c1. The van der Waals surface area contributed by atoms with E-state index in [2.05, 4.69) is 57.3 Å². The molecule has 3 rings (SSSR count). The van der Waals surface area contributed by atoms with Gasteiger partial charge in [-0.1, -0.05) is 45.8 Å². The van der Waals surface area contributed by atoms with Gasteiger partial charge in [0.2, 0.25) is 5.91 Å². The largest absolute Gasteiger partial charge is 0.326 e. The van der Waals surface area contributed by atoms with Crippen molar-refractivity contribution in [3.63, 3.8) is 0 Å². The molecule has 1 N–H and O–H groups in total. The molecule has 4 heteroatoms. The summed E-state index contributed by atoms with van der Waals surface area (Å²) in [6, 6.07) is 14.6. The molecule has 1 amide bonds. The highest BCUT2D eigenvalue weighted by molar-refractivity contribution is 9.10. The molecule has 2 aromatic rings. The Kier molecular flexibility index (Phi) is 5.92. The summed E-state index contributed by atoms with van der Waals surface area (Å²) in [5.41, 5.74) is 4.67. The number of carbonyl (C=O) groups excluding carboxylic acids is 1. The summed E-state index contributed by atoms with van der Waals surface area (Å²) in [4.78, 5) is 15.0. The summed E-state index contributed by atoms with van der Waals surface area (Å²) >= 11 is 3.49. The van der Waals surface area contributed by atoms with Gasteiger partial charge in [-0.05, 0) is 69.1 Å². The smallest absolute Gasteiger partial charge is 0.227 e. The Morgan fingerprint density at radius 2 is 1.92 bits per heavy atom. The number of piperidine rings is 1. The Labute approximate surface area is 158 Å². The lowest BCUT2D eigenvalue weighted by molar-refractivity contribution is -0.121. The topological polar surface area (TPSA) is 32.3 Å². The number of hydrogen-bond donors (Lipinski definition) is 1. The second-order valence-corrected chi connectivity index (χ2v) is 7.85. The highest BCUT2D eigenvalue weighted by atomic mass is 79.9. The molecule has 25 heavy (non-hydrogen) atoms. The quantitative estimate of drug-likeness (QED) is 0.789. The van der Waals surface area contributed by atoms with E-state index in [-0.39, 0.29) is 11.8 Å². The van der Waals surface area contributed by atoms with Crippen LogP contribution >= 0.6 is 15.9 Å². The van der Waals surface area contributed by atoms with Gasteiger partial charge in [-0.25, -0.2) is 0 Å². The van der Waals surface area contributed by atoms with Crippen LogP contribution in [0.2, 0.25) is 0 Å². The molecule has 1 fully saturated rings. The third-order valence-electron chi connectivity index (χ3n) is 4.87. The van der Waals surface area contributed by atoms with Crippen molar-refractivity contribution >= 4 is 27.5 Å². The van der Waals surface area contributed by atoms with Gasteiger partial charge in [0.25, 0.3) is 0 Å². The van der Waals surface area contributed by atoms with Crippen molar-refractivity contribution in [2.45, 2.75) is 33.2 Å². The molecule has 0 unspecified atom stereocenters. The number of nitrogens with one attached hydrogen (secondary N) is 1. The maximum atomic E-state index is 12.5. The minimum Gasteiger partial charge on any atom is -0.326 e. The molecular formula is C21H25BrN2O. The molecule has 0 atom stereocenters. The first-order chi connectivity index (χ1) is 12.0. The molecular weight excluding hydrogens is 376 g/mol. The lowest BCUT2D eigenvalue weighted by Gasteiger charge is -2.31. The molecule has 0 saturated carbocycles. The van der Waals surface area contributed by atoms with E-state index in [0.717, 1.165) is 48.2 Å². The number of nitrogens with zero attached hydrogens (tertiary/aromatic N) is 1. The summed E-state index contributed by atoms with van der Waals surface area (Å²) in [6.45, 7) is 7.09. The van der Waals surface area contributed by atoms with Crippen molar-refractivity contribution in [3.05, 3.63) is 63.6 Å². The first-order valence-corrected chi connectivity index (χ1v) is 9.65. The van der Waals surface area contributed by atoms with Crippen LogP contribution in [-0.4, -0.2) is 23.9 Å². The number of halogens is 1. The average molecular weight is 401 g/mol. The van der Waals surface area contributed by atoms with Gasteiger partial charge in [0.05, 0.1) is 0 Å². The Balaban J connectivity index is 1.51. The van der Waals surface area contributed by atoms with Crippen molar-refractivity contribution in [1.29, 1.82) is 0 Å². The first-order valence-electron chi connectivity index (χ1n) is 8.86. The molecule has 1 saturated heterocycles. The standard InChI is InChI=1S/C21H25BrN2O/c1-15-4-3-5-17(12-15)14-24-10-8-18(9-11-24)21(25)23-19-6-7-20(22)16(2)13-19/h3-7,12-13,18H,8-11,14H2,1-2H3,(H,23,25). The molecule has 132 valence electrons. The van der Waals surface area contributed by atoms with Crippen molar-refractivity contribution in [2.24, 2.45) is 5.92 Å². The van der Waals surface area contributed by atoms with Crippen molar-refractivity contribution in [3.8, 4) is 0 Å². The van der Waals surface area contributed by atoms with Crippen LogP contribution < -0.4 is 5.32 Å². The number of hydrogen-bond acceptors (Lipinski definition) is 2. The molecule has 0 aliphatic carbocycles. The molecule has 1 aliphatic heterocycles. The molecule has 0 bridgehead atoms. The van der Waals surface area contributed by atoms with Crippen LogP contribution in [0, 0.1) is 19.8 Å². The summed E-state index contributed by atoms with van der Waals surface area (Å²) in [7, 11) is 0. The Bertz CT molecular complexity index is 751. The molecule has 1 aliphatic rings. The zero-order valence-electron chi connectivity index (χ0n) is 14.9. The zero-order chi connectivity index (χ0) is 17.8. The lowest BCUT2D eigenvalue weighted by atomic mass is 9.95. The van der Waals surface area contributed by atoms with E-state index >= 15 is 0 Å². The van der Waals surface area contributed by atoms with Gasteiger partial charge in [0.15, 0.2) is 0 Å². The number of likely N-dealkylation sites (tertiary alicyclic amines) is 1. The maximum Gasteiger partial charge on any atom is 0.227 e. The summed E-state index contributed by atoms with van der Waals surface area (Å²) < 4.78 is 1.06. The maximum absolute atomic E-state index is 12.5. The Hall–Kier alpha value is -1.65. The van der Waals surface area contributed by atoms with E-state index in [0.29, 0.717) is 0 Å². The van der Waals surface area contributed by atoms with Gasteiger partial charge in [-0.2, -0.15) is 0 Å². The van der Waals surface area contributed by atoms with E-state index in [1.165, 1.54) is 11.1 Å². The molecule has 1 heterocycles. The third-order valence-corrected chi connectivity index (χ3v) is 5.76. The summed E-state index contributed by atoms with van der Waals surface area (Å²) in [5, 5.41) is 3.07. The van der Waals surface area contributed by atoms with E-state index in [1.807, 2.05) is 25.1 Å². The second-order valence-electron chi connectivity index (χ2n) is 6.99. The van der Waals surface area contributed by atoms with Crippen LogP contribution in [0.1, 0.15) is 29.5 Å². The fourth-order valence-electron chi connectivity index (χ4n) is 3.39. The van der Waals surface area contributed by atoms with Gasteiger partial charge in [0, 0.05) is 22.6 Å². The Morgan fingerprint density at radius 1 is 1.16 bits per heavy atom. The van der Waals surface area contributed by atoms with E-state index in [9.17, 15) is 4.79 Å². The van der Waals surface area contributed by atoms with Gasteiger partial charge in [0.1, 0.15) is 0 Å². The highest BCUT2D eigenvalue weighted by Gasteiger charge is 2.25. The lowest BCUT2D eigenvalue weighted by Crippen LogP contribution is -2.37. The predicted molar refractivity (Wildman–Crippen MR) is 107 cm³/mol. The van der Waals surface area contributed by atoms with Crippen LogP contribution in [-0.2, 0) is 11.3 Å². The van der Waals surface area contributed by atoms with Crippen LogP contribution in [0.15, 0.2) is 46.9 Å². The fraction of sp³-hybridized carbons (Fsp3) is 0.381. The van der Waals surface area contributed by atoms with Crippen molar-refractivity contribution in [1.82, 2.24) is 4.90 Å². The third kappa shape index (κ3) is 4.93. The van der Waals surface area contributed by atoms with E-state index < -0.39 is 0 Å².